The summed E-state index contributed by atoms with van der Waals surface area (Å²) >= 11 is 6.12. The highest BCUT2D eigenvalue weighted by molar-refractivity contribution is 6.31. The molecular weight excluding hydrogens is 338 g/mol. The maximum absolute atomic E-state index is 11.8. The van der Waals surface area contributed by atoms with E-state index in [2.05, 4.69) is 15.5 Å². The molecule has 3 aromatic rings. The average molecular weight is 354 g/mol. The lowest BCUT2D eigenvalue weighted by Crippen LogP contribution is -2.17. The second-order valence-corrected chi connectivity index (χ2v) is 5.64. The zero-order valence-corrected chi connectivity index (χ0v) is 14.0. The van der Waals surface area contributed by atoms with E-state index in [9.17, 15) is 4.79 Å². The number of amides is 1. The molecule has 0 spiro atoms. The van der Waals surface area contributed by atoms with E-state index in [0.29, 0.717) is 23.1 Å². The van der Waals surface area contributed by atoms with Crippen LogP contribution in [-0.2, 0) is 6.61 Å². The molecule has 0 aliphatic heterocycles. The number of carbonyl (C=O) groups is 1. The van der Waals surface area contributed by atoms with Crippen LogP contribution in [0.4, 0.5) is 0 Å². The SMILES string of the molecule is O=C(N/N=C\c1cccc(OCc2ccccc2Cl)c1)c1ccc[nH]1. The Bertz CT molecular complexity index is 876. The van der Waals surface area contributed by atoms with Gasteiger partial charge in [0.15, 0.2) is 0 Å². The highest BCUT2D eigenvalue weighted by Gasteiger charge is 2.03. The molecular formula is C19H16ClN3O2. The quantitative estimate of drug-likeness (QED) is 0.519. The first-order valence-corrected chi connectivity index (χ1v) is 8.03. The second-order valence-electron chi connectivity index (χ2n) is 5.24. The van der Waals surface area contributed by atoms with Gasteiger partial charge in [-0.3, -0.25) is 4.79 Å². The molecule has 0 aliphatic rings. The van der Waals surface area contributed by atoms with Crippen LogP contribution in [0.3, 0.4) is 0 Å². The number of nitrogens with zero attached hydrogens (tertiary/aromatic N) is 1. The monoisotopic (exact) mass is 353 g/mol. The minimum atomic E-state index is -0.299. The van der Waals surface area contributed by atoms with Gasteiger partial charge >= 0.3 is 0 Å². The van der Waals surface area contributed by atoms with E-state index >= 15 is 0 Å². The predicted octanol–water partition coefficient (Wildman–Crippen LogP) is 4.01. The molecule has 1 heterocycles. The van der Waals surface area contributed by atoms with E-state index < -0.39 is 0 Å². The summed E-state index contributed by atoms with van der Waals surface area (Å²) in [6, 6.07) is 18.4. The summed E-state index contributed by atoms with van der Waals surface area (Å²) in [6.07, 6.45) is 3.24. The molecule has 2 N–H and O–H groups in total. The lowest BCUT2D eigenvalue weighted by atomic mass is 10.2. The van der Waals surface area contributed by atoms with Gasteiger partial charge in [0.05, 0.1) is 6.21 Å². The van der Waals surface area contributed by atoms with Gasteiger partial charge in [0.2, 0.25) is 0 Å². The first kappa shape index (κ1) is 16.8. The Morgan fingerprint density at radius 3 is 2.84 bits per heavy atom. The second kappa shape index (κ2) is 8.17. The minimum absolute atomic E-state index is 0.299. The summed E-state index contributed by atoms with van der Waals surface area (Å²) in [4.78, 5) is 14.6. The molecule has 1 aromatic heterocycles. The number of H-pyrrole nitrogens is 1. The van der Waals surface area contributed by atoms with Crippen molar-refractivity contribution in [1.29, 1.82) is 0 Å². The van der Waals surface area contributed by atoms with Crippen LogP contribution in [0.15, 0.2) is 72.0 Å². The Morgan fingerprint density at radius 2 is 2.04 bits per heavy atom. The third-order valence-electron chi connectivity index (χ3n) is 3.43. The lowest BCUT2D eigenvalue weighted by Gasteiger charge is -2.08. The Balaban J connectivity index is 1.58. The van der Waals surface area contributed by atoms with E-state index in [1.54, 1.807) is 24.5 Å². The average Bonchev–Trinajstić information content (AvgIpc) is 3.16. The summed E-state index contributed by atoms with van der Waals surface area (Å²) in [5, 5.41) is 4.62. The van der Waals surface area contributed by atoms with E-state index in [1.165, 1.54) is 0 Å². The first-order valence-electron chi connectivity index (χ1n) is 7.65. The number of nitrogens with one attached hydrogen (secondary N) is 2. The van der Waals surface area contributed by atoms with Gasteiger partial charge in [0.1, 0.15) is 18.1 Å². The number of hydrazone groups is 1. The number of rotatable bonds is 6. The number of aromatic nitrogens is 1. The fourth-order valence-corrected chi connectivity index (χ4v) is 2.35. The maximum Gasteiger partial charge on any atom is 0.287 e. The zero-order valence-electron chi connectivity index (χ0n) is 13.3. The molecule has 0 saturated carbocycles. The smallest absolute Gasteiger partial charge is 0.287 e. The van der Waals surface area contributed by atoms with Crippen LogP contribution in [0.25, 0.3) is 0 Å². The third-order valence-corrected chi connectivity index (χ3v) is 3.80. The Kier molecular flexibility index (Phi) is 5.49. The molecule has 1 amide bonds. The molecule has 0 bridgehead atoms. The summed E-state index contributed by atoms with van der Waals surface area (Å²) < 4.78 is 5.76. The number of ether oxygens (including phenoxy) is 1. The molecule has 5 nitrogen and oxygen atoms in total. The summed E-state index contributed by atoms with van der Waals surface area (Å²) in [5.41, 5.74) is 4.64. The number of benzene rings is 2. The number of halogens is 1. The van der Waals surface area contributed by atoms with Crippen LogP contribution in [0.5, 0.6) is 5.75 Å². The fourth-order valence-electron chi connectivity index (χ4n) is 2.16. The molecule has 25 heavy (non-hydrogen) atoms. The molecule has 0 atom stereocenters. The van der Waals surface area contributed by atoms with Crippen molar-refractivity contribution in [2.75, 3.05) is 0 Å². The first-order chi connectivity index (χ1) is 12.2. The van der Waals surface area contributed by atoms with E-state index in [1.807, 2.05) is 48.5 Å². The maximum atomic E-state index is 11.8. The van der Waals surface area contributed by atoms with Crippen molar-refractivity contribution in [3.63, 3.8) is 0 Å². The molecule has 0 unspecified atom stereocenters. The van der Waals surface area contributed by atoms with Crippen LogP contribution in [-0.4, -0.2) is 17.1 Å². The van der Waals surface area contributed by atoms with Crippen LogP contribution in [0.2, 0.25) is 5.02 Å². The van der Waals surface area contributed by atoms with E-state index in [-0.39, 0.29) is 5.91 Å². The van der Waals surface area contributed by atoms with Gasteiger partial charge < -0.3 is 9.72 Å². The van der Waals surface area contributed by atoms with Crippen LogP contribution < -0.4 is 10.2 Å². The summed E-state index contributed by atoms with van der Waals surface area (Å²) in [7, 11) is 0. The van der Waals surface area contributed by atoms with Gasteiger partial charge in [-0.25, -0.2) is 5.43 Å². The summed E-state index contributed by atoms with van der Waals surface area (Å²) in [5.74, 6) is 0.395. The molecule has 2 aromatic carbocycles. The van der Waals surface area contributed by atoms with Crippen molar-refractivity contribution in [1.82, 2.24) is 10.4 Å². The Labute approximate surface area is 150 Å². The number of aromatic amines is 1. The minimum Gasteiger partial charge on any atom is -0.489 e. The molecule has 0 saturated heterocycles. The number of hydrogen-bond acceptors (Lipinski definition) is 3. The number of carbonyl (C=O) groups excluding carboxylic acids is 1. The van der Waals surface area contributed by atoms with Crippen molar-refractivity contribution in [3.05, 3.63) is 88.7 Å². The highest BCUT2D eigenvalue weighted by atomic mass is 35.5. The zero-order chi connectivity index (χ0) is 17.5. The van der Waals surface area contributed by atoms with Gasteiger partial charge in [-0.15, -0.1) is 0 Å². The van der Waals surface area contributed by atoms with Crippen molar-refractivity contribution in [3.8, 4) is 5.75 Å². The topological polar surface area (TPSA) is 66.5 Å². The molecule has 0 aliphatic carbocycles. The molecule has 0 radical (unpaired) electrons. The van der Waals surface area contributed by atoms with Crippen LogP contribution in [0.1, 0.15) is 21.6 Å². The number of hydrogen-bond donors (Lipinski definition) is 2. The van der Waals surface area contributed by atoms with Gasteiger partial charge in [-0.2, -0.15) is 5.10 Å². The van der Waals surface area contributed by atoms with Crippen molar-refractivity contribution < 1.29 is 9.53 Å². The van der Waals surface area contributed by atoms with E-state index in [0.717, 1.165) is 11.1 Å². The highest BCUT2D eigenvalue weighted by Crippen LogP contribution is 2.19. The van der Waals surface area contributed by atoms with Gasteiger partial charge in [-0.05, 0) is 35.9 Å². The van der Waals surface area contributed by atoms with Gasteiger partial charge in [0.25, 0.3) is 5.91 Å². The largest absolute Gasteiger partial charge is 0.489 e. The molecule has 126 valence electrons. The summed E-state index contributed by atoms with van der Waals surface area (Å²) in [6.45, 7) is 0.379. The normalized spacial score (nSPS) is 10.8. The standard InChI is InChI=1S/C19H16ClN3O2/c20-17-8-2-1-6-15(17)13-25-16-7-3-5-14(11-16)12-22-23-19(24)18-9-4-10-21-18/h1-12,21H,13H2,(H,23,24)/b22-12-. The van der Waals surface area contributed by atoms with Crippen LogP contribution >= 0.6 is 11.6 Å². The van der Waals surface area contributed by atoms with E-state index in [4.69, 9.17) is 16.3 Å². The molecule has 3 rings (SSSR count). The Hall–Kier alpha value is -3.05. The van der Waals surface area contributed by atoms with Gasteiger partial charge in [0, 0.05) is 16.8 Å². The Morgan fingerprint density at radius 1 is 1.16 bits per heavy atom. The van der Waals surface area contributed by atoms with Gasteiger partial charge in [-0.1, -0.05) is 41.9 Å². The van der Waals surface area contributed by atoms with Crippen molar-refractivity contribution >= 4 is 23.7 Å². The molecule has 0 fully saturated rings. The van der Waals surface area contributed by atoms with Crippen molar-refractivity contribution in [2.24, 2.45) is 5.10 Å². The molecule has 6 heteroatoms. The lowest BCUT2D eigenvalue weighted by molar-refractivity contribution is 0.0951. The van der Waals surface area contributed by atoms with Crippen molar-refractivity contribution in [2.45, 2.75) is 6.61 Å². The predicted molar refractivity (Wildman–Crippen MR) is 98.1 cm³/mol. The van der Waals surface area contributed by atoms with Crippen LogP contribution in [0, 0.1) is 0 Å². The third kappa shape index (κ3) is 4.71. The fraction of sp³-hybridized carbons (Fsp3) is 0.0526.